The molecule has 275 valence electrons. The van der Waals surface area contributed by atoms with Crippen LogP contribution in [0.25, 0.3) is 45.2 Å². The minimum Gasteiger partial charge on any atom is -0.357 e. The van der Waals surface area contributed by atoms with Crippen molar-refractivity contribution in [2.45, 2.75) is 96.8 Å². The monoisotopic (exact) mass is 886 g/mol. The summed E-state index contributed by atoms with van der Waals surface area (Å²) in [7, 11) is 0. The molecule has 1 saturated carbocycles. The Hall–Kier alpha value is -4.64. The van der Waals surface area contributed by atoms with Crippen LogP contribution in [-0.2, 0) is 30.9 Å². The molecule has 7 aromatic rings. The van der Waals surface area contributed by atoms with E-state index in [0.717, 1.165) is 46.1 Å². The van der Waals surface area contributed by atoms with Gasteiger partial charge in [-0.05, 0) is 96.5 Å². The van der Waals surface area contributed by atoms with Crippen LogP contribution in [0, 0.1) is 32.9 Å². The first-order valence-corrected chi connectivity index (χ1v) is 19.1. The zero-order chi connectivity index (χ0) is 36.6. The maximum atomic E-state index is 5.13. The molecular formula is C48H47IrN5-2. The van der Waals surface area contributed by atoms with E-state index in [2.05, 4.69) is 141 Å². The number of pyridine rings is 1. The molecule has 3 aliphatic carbocycles. The summed E-state index contributed by atoms with van der Waals surface area (Å²) in [6.45, 7) is 15.8. The Morgan fingerprint density at radius 1 is 0.704 bits per heavy atom. The molecule has 10 rings (SSSR count). The molecule has 1 radical (unpaired) electrons. The van der Waals surface area contributed by atoms with E-state index >= 15 is 0 Å². The summed E-state index contributed by atoms with van der Waals surface area (Å²) in [6.07, 6.45) is 6.92. The van der Waals surface area contributed by atoms with Crippen LogP contribution < -0.4 is 0 Å². The van der Waals surface area contributed by atoms with Crippen LogP contribution in [0.1, 0.15) is 105 Å². The minimum absolute atomic E-state index is 0. The van der Waals surface area contributed by atoms with Gasteiger partial charge in [-0.3, -0.25) is 9.97 Å². The number of fused-ring (bicyclic) bond motifs is 8. The molecule has 4 aromatic carbocycles. The maximum Gasteiger partial charge on any atom is 0.0777 e. The first-order valence-electron chi connectivity index (χ1n) is 19.1. The number of nitrogens with zero attached hydrogens (tertiary/aromatic N) is 5. The molecule has 3 aliphatic rings. The van der Waals surface area contributed by atoms with Crippen LogP contribution in [0.15, 0.2) is 97.2 Å². The number of imidazole rings is 2. The van der Waals surface area contributed by atoms with Gasteiger partial charge in [-0.1, -0.05) is 88.8 Å². The van der Waals surface area contributed by atoms with Crippen molar-refractivity contribution in [3.05, 3.63) is 149 Å². The van der Waals surface area contributed by atoms with Gasteiger partial charge in [-0.25, -0.2) is 0 Å². The summed E-state index contributed by atoms with van der Waals surface area (Å²) in [4.78, 5) is 14.7. The number of rotatable bonds is 4. The summed E-state index contributed by atoms with van der Waals surface area (Å²) in [5.41, 5.74) is 16.2. The molecule has 0 N–H and O–H groups in total. The summed E-state index contributed by atoms with van der Waals surface area (Å²) in [5, 5.41) is 0. The molecule has 3 heterocycles. The summed E-state index contributed by atoms with van der Waals surface area (Å²) < 4.78 is 4.76. The maximum absolute atomic E-state index is 5.13. The molecule has 0 spiro atoms. The van der Waals surface area contributed by atoms with Crippen LogP contribution in [0.5, 0.6) is 0 Å². The van der Waals surface area contributed by atoms with Gasteiger partial charge < -0.3 is 14.1 Å². The van der Waals surface area contributed by atoms with E-state index in [1.165, 1.54) is 64.1 Å². The van der Waals surface area contributed by atoms with Gasteiger partial charge in [-0.15, -0.1) is 48.0 Å². The van der Waals surface area contributed by atoms with Gasteiger partial charge in [0.25, 0.3) is 0 Å². The number of hydrogen-bond donors (Lipinski definition) is 0. The van der Waals surface area contributed by atoms with Crippen molar-refractivity contribution in [1.82, 2.24) is 24.1 Å². The smallest absolute Gasteiger partial charge is 0.0777 e. The van der Waals surface area contributed by atoms with E-state index in [4.69, 9.17) is 9.97 Å². The Balaban J connectivity index is 0.000000153. The summed E-state index contributed by atoms with van der Waals surface area (Å²) >= 11 is 0. The summed E-state index contributed by atoms with van der Waals surface area (Å²) in [5.74, 6) is 3.30. The molecule has 0 aliphatic heterocycles. The van der Waals surface area contributed by atoms with E-state index in [9.17, 15) is 0 Å². The van der Waals surface area contributed by atoms with Gasteiger partial charge >= 0.3 is 0 Å². The predicted molar refractivity (Wildman–Crippen MR) is 215 cm³/mol. The Labute approximate surface area is 333 Å². The van der Waals surface area contributed by atoms with Crippen molar-refractivity contribution in [3.63, 3.8) is 0 Å². The van der Waals surface area contributed by atoms with E-state index in [0.29, 0.717) is 11.8 Å². The molecule has 0 saturated heterocycles. The first-order chi connectivity index (χ1) is 25.5. The second-order valence-electron chi connectivity index (χ2n) is 16.8. The van der Waals surface area contributed by atoms with Crippen LogP contribution >= 0.6 is 0 Å². The third kappa shape index (κ3) is 5.90. The summed E-state index contributed by atoms with van der Waals surface area (Å²) in [6, 6.07) is 38.5. The van der Waals surface area contributed by atoms with E-state index < -0.39 is 0 Å². The third-order valence-electron chi connectivity index (χ3n) is 12.0. The fourth-order valence-electron chi connectivity index (χ4n) is 9.98. The average Bonchev–Trinajstić information content (AvgIpc) is 3.96. The second kappa shape index (κ2) is 13.6. The van der Waals surface area contributed by atoms with Gasteiger partial charge in [0.15, 0.2) is 0 Å². The van der Waals surface area contributed by atoms with Gasteiger partial charge in [0.1, 0.15) is 0 Å². The number of para-hydroxylation sites is 2. The molecule has 3 aromatic heterocycles. The van der Waals surface area contributed by atoms with Crippen LogP contribution in [0.3, 0.4) is 0 Å². The van der Waals surface area contributed by atoms with Crippen molar-refractivity contribution in [2.75, 3.05) is 0 Å². The van der Waals surface area contributed by atoms with E-state index in [1.807, 2.05) is 31.3 Å². The van der Waals surface area contributed by atoms with Gasteiger partial charge in [0.2, 0.25) is 0 Å². The average molecular weight is 886 g/mol. The van der Waals surface area contributed by atoms with Gasteiger partial charge in [-0.2, -0.15) is 0 Å². The van der Waals surface area contributed by atoms with Crippen molar-refractivity contribution in [2.24, 2.45) is 0 Å². The van der Waals surface area contributed by atoms with Crippen molar-refractivity contribution in [3.8, 4) is 34.2 Å². The fraction of sp³-hybridized carbons (Fsp3) is 0.312. The predicted octanol–water partition coefficient (Wildman–Crippen LogP) is 11.5. The quantitative estimate of drug-likeness (QED) is 0.165. The van der Waals surface area contributed by atoms with Crippen molar-refractivity contribution >= 4 is 11.0 Å². The molecule has 2 unspecified atom stereocenters. The molecule has 1 fully saturated rings. The largest absolute Gasteiger partial charge is 0.357 e. The Morgan fingerprint density at radius 3 is 2.13 bits per heavy atom. The number of aromatic nitrogens is 5. The Kier molecular flexibility index (Phi) is 9.14. The minimum atomic E-state index is 0. The Morgan fingerprint density at radius 2 is 1.43 bits per heavy atom. The van der Waals surface area contributed by atoms with Crippen LogP contribution in [-0.4, -0.2) is 24.1 Å². The number of hydrogen-bond acceptors (Lipinski definition) is 3. The Bertz CT molecular complexity index is 2470. The molecule has 5 nitrogen and oxygen atoms in total. The van der Waals surface area contributed by atoms with Gasteiger partial charge in [0, 0.05) is 49.0 Å². The van der Waals surface area contributed by atoms with E-state index in [-0.39, 0.29) is 30.9 Å². The van der Waals surface area contributed by atoms with Gasteiger partial charge in [0.05, 0.1) is 28.4 Å². The number of benzene rings is 4. The van der Waals surface area contributed by atoms with Crippen molar-refractivity contribution < 1.29 is 20.1 Å². The second-order valence-corrected chi connectivity index (χ2v) is 16.8. The van der Waals surface area contributed by atoms with E-state index in [1.54, 1.807) is 0 Å². The first kappa shape index (κ1) is 36.3. The molecule has 54 heavy (non-hydrogen) atoms. The zero-order valence-electron chi connectivity index (χ0n) is 32.3. The topological polar surface area (TPSA) is 48.5 Å². The number of aryl methyl sites for hydroxylation is 3. The third-order valence-corrected chi connectivity index (χ3v) is 12.0. The van der Waals surface area contributed by atoms with Crippen LogP contribution in [0.4, 0.5) is 0 Å². The molecule has 2 bridgehead atoms. The van der Waals surface area contributed by atoms with Crippen LogP contribution in [0.2, 0.25) is 0 Å². The molecule has 0 amide bonds. The normalized spacial score (nSPS) is 18.5. The van der Waals surface area contributed by atoms with Crippen molar-refractivity contribution in [1.29, 1.82) is 0 Å². The molecular weight excluding hydrogens is 839 g/mol. The zero-order valence-corrected chi connectivity index (χ0v) is 34.7. The SMILES string of the molecule is Cc1c[c-]c(-c2nc3ccc4c(c3n2-c2ccccc2)C(C)(C)CC4(C)C)cn1.Cc1cccc(C)c1-n1c(-c2[c-]cccc2)nc2c1C1CCC2C1.[Ir]. The molecule has 2 atom stereocenters. The standard InChI is InChI=1S/C26H26N3.C22H21N2.Ir/c1-17-11-12-18(15-27-17)24-28-21-14-13-20-22(26(4,5)16-25(20,2)3)23(21)29(24)19-9-7-6-8-10-19;1-14-7-6-8-15(2)20(14)24-21-18-12-11-17(13-18)19(21)23-22(24)16-9-4-3-5-10-16;/h6-11,13-15H,16H2,1-5H3;3-9,17-18H,11-13H2,1-2H3;/q2*-1;. The fourth-order valence-corrected chi connectivity index (χ4v) is 9.98. The molecule has 6 heteroatoms.